The second kappa shape index (κ2) is 7.28. The average Bonchev–Trinajstić information content (AvgIpc) is 2.39. The Labute approximate surface area is 115 Å². The van der Waals surface area contributed by atoms with Crippen LogP contribution in [-0.4, -0.2) is 29.8 Å². The number of aliphatic carboxylic acids is 1. The van der Waals surface area contributed by atoms with Gasteiger partial charge in [-0.2, -0.15) is 0 Å². The minimum atomic E-state index is -1.17. The number of hydrogen-bond acceptors (Lipinski definition) is 4. The zero-order valence-corrected chi connectivity index (χ0v) is 11.1. The second-order valence-corrected chi connectivity index (χ2v) is 3.84. The highest BCUT2D eigenvalue weighted by Gasteiger charge is 2.19. The summed E-state index contributed by atoms with van der Waals surface area (Å²) in [4.78, 5) is 21.9. The van der Waals surface area contributed by atoms with Gasteiger partial charge in [-0.05, 0) is 26.0 Å². The minimum absolute atomic E-state index is 0.189. The molecule has 108 valence electrons. The minimum Gasteiger partial charge on any atom is -0.478 e. The molecule has 0 fully saturated rings. The van der Waals surface area contributed by atoms with Gasteiger partial charge in [-0.15, -0.1) is 0 Å². The normalized spacial score (nSPS) is 12.2. The summed E-state index contributed by atoms with van der Waals surface area (Å²) in [5.41, 5.74) is 0.226. The molecule has 0 aliphatic heterocycles. The first-order valence-corrected chi connectivity index (χ1v) is 5.98. The van der Waals surface area contributed by atoms with E-state index in [0.29, 0.717) is 0 Å². The highest BCUT2D eigenvalue weighted by atomic mass is 19.1. The number of benzene rings is 1. The van der Waals surface area contributed by atoms with Crippen LogP contribution >= 0.6 is 0 Å². The largest absolute Gasteiger partial charge is 0.478 e. The van der Waals surface area contributed by atoms with E-state index in [4.69, 9.17) is 14.6 Å². The molecule has 1 N–H and O–H groups in total. The predicted octanol–water partition coefficient (Wildman–Crippen LogP) is 2.25. The van der Waals surface area contributed by atoms with Crippen molar-refractivity contribution in [3.05, 3.63) is 35.7 Å². The van der Waals surface area contributed by atoms with E-state index in [1.165, 1.54) is 25.1 Å². The van der Waals surface area contributed by atoms with Gasteiger partial charge in [-0.3, -0.25) is 0 Å². The van der Waals surface area contributed by atoms with Gasteiger partial charge in [0.15, 0.2) is 17.7 Å². The van der Waals surface area contributed by atoms with Gasteiger partial charge in [0.05, 0.1) is 6.61 Å². The van der Waals surface area contributed by atoms with Gasteiger partial charge < -0.3 is 14.6 Å². The van der Waals surface area contributed by atoms with Gasteiger partial charge in [0.2, 0.25) is 0 Å². The Morgan fingerprint density at radius 2 is 2.15 bits per heavy atom. The van der Waals surface area contributed by atoms with Gasteiger partial charge in [-0.25, -0.2) is 14.0 Å². The Kier molecular flexibility index (Phi) is 5.71. The molecular formula is C14H15FO5. The lowest BCUT2D eigenvalue weighted by Gasteiger charge is -2.15. The molecule has 1 aromatic carbocycles. The molecule has 0 amide bonds. The maximum absolute atomic E-state index is 13.7. The summed E-state index contributed by atoms with van der Waals surface area (Å²) in [6.07, 6.45) is 1.05. The van der Waals surface area contributed by atoms with Crippen LogP contribution < -0.4 is 4.74 Å². The van der Waals surface area contributed by atoms with E-state index >= 15 is 0 Å². The summed E-state index contributed by atoms with van der Waals surface area (Å²) >= 11 is 0. The first-order valence-electron chi connectivity index (χ1n) is 5.98. The number of rotatable bonds is 6. The van der Waals surface area contributed by atoms with Gasteiger partial charge >= 0.3 is 11.9 Å². The molecule has 0 saturated heterocycles. The summed E-state index contributed by atoms with van der Waals surface area (Å²) in [7, 11) is 0. The molecule has 1 rings (SSSR count). The number of para-hydroxylation sites is 1. The number of carbonyl (C=O) groups excluding carboxylic acids is 1. The van der Waals surface area contributed by atoms with E-state index in [9.17, 15) is 14.0 Å². The van der Waals surface area contributed by atoms with Crippen LogP contribution in [0.2, 0.25) is 0 Å². The third-order valence-electron chi connectivity index (χ3n) is 2.32. The molecule has 6 heteroatoms. The molecule has 20 heavy (non-hydrogen) atoms. The van der Waals surface area contributed by atoms with Crippen molar-refractivity contribution in [3.8, 4) is 5.75 Å². The summed E-state index contributed by atoms with van der Waals surface area (Å²) in [5, 5.41) is 8.58. The Hall–Kier alpha value is -2.37. The third-order valence-corrected chi connectivity index (χ3v) is 2.32. The predicted molar refractivity (Wildman–Crippen MR) is 69.8 cm³/mol. The molecular weight excluding hydrogens is 267 g/mol. The number of carboxylic acids is 1. The maximum Gasteiger partial charge on any atom is 0.347 e. The quantitative estimate of drug-likeness (QED) is 0.640. The molecule has 0 radical (unpaired) electrons. The van der Waals surface area contributed by atoms with E-state index in [2.05, 4.69) is 0 Å². The lowest BCUT2D eigenvalue weighted by atomic mass is 10.1. The van der Waals surface area contributed by atoms with Crippen molar-refractivity contribution in [2.75, 3.05) is 6.61 Å². The van der Waals surface area contributed by atoms with E-state index in [1.54, 1.807) is 6.92 Å². The van der Waals surface area contributed by atoms with Crippen molar-refractivity contribution in [2.24, 2.45) is 0 Å². The highest BCUT2D eigenvalue weighted by Crippen LogP contribution is 2.25. The monoisotopic (exact) mass is 282 g/mol. The Bertz CT molecular complexity index is 524. The first kappa shape index (κ1) is 15.7. The van der Waals surface area contributed by atoms with Crippen molar-refractivity contribution in [1.82, 2.24) is 0 Å². The van der Waals surface area contributed by atoms with Gasteiger partial charge in [-0.1, -0.05) is 12.1 Å². The van der Waals surface area contributed by atoms with Crippen LogP contribution in [0.4, 0.5) is 4.39 Å². The van der Waals surface area contributed by atoms with Crippen molar-refractivity contribution in [2.45, 2.75) is 20.0 Å². The molecule has 0 heterocycles. The van der Waals surface area contributed by atoms with Crippen LogP contribution in [0.3, 0.4) is 0 Å². The number of carboxylic acid groups (broad SMARTS) is 1. The molecule has 0 saturated carbocycles. The summed E-state index contributed by atoms with van der Waals surface area (Å²) in [6.45, 7) is 3.26. The summed E-state index contributed by atoms with van der Waals surface area (Å²) in [6, 6.07) is 4.06. The van der Waals surface area contributed by atoms with Crippen LogP contribution in [0.15, 0.2) is 24.3 Å². The molecule has 0 bridgehead atoms. The van der Waals surface area contributed by atoms with Crippen LogP contribution in [0, 0.1) is 5.82 Å². The Balaban J connectivity index is 2.98. The van der Waals surface area contributed by atoms with E-state index in [1.807, 2.05) is 0 Å². The molecule has 1 unspecified atom stereocenters. The van der Waals surface area contributed by atoms with E-state index in [0.717, 1.165) is 12.1 Å². The lowest BCUT2D eigenvalue weighted by Crippen LogP contribution is -2.26. The van der Waals surface area contributed by atoms with Gasteiger partial charge in [0, 0.05) is 11.6 Å². The van der Waals surface area contributed by atoms with Gasteiger partial charge in [0.1, 0.15) is 0 Å². The smallest absolute Gasteiger partial charge is 0.347 e. The number of carbonyl (C=O) groups is 2. The number of ether oxygens (including phenoxy) is 2. The number of hydrogen-bond donors (Lipinski definition) is 1. The zero-order valence-electron chi connectivity index (χ0n) is 11.1. The topological polar surface area (TPSA) is 72.8 Å². The standard InChI is InChI=1S/C14H15FO5/c1-3-19-14(18)9(2)20-13-10(7-8-12(16)17)5-4-6-11(13)15/h4-9H,3H2,1-2H3,(H,16,17)/b8-7+. The van der Waals surface area contributed by atoms with Crippen molar-refractivity contribution in [1.29, 1.82) is 0 Å². The molecule has 0 aliphatic rings. The molecule has 0 aliphatic carbocycles. The summed E-state index contributed by atoms with van der Waals surface area (Å²) in [5.74, 6) is -2.66. The second-order valence-electron chi connectivity index (χ2n) is 3.84. The van der Waals surface area contributed by atoms with Crippen LogP contribution in [-0.2, 0) is 14.3 Å². The molecule has 0 aromatic heterocycles. The Morgan fingerprint density at radius 3 is 2.75 bits per heavy atom. The van der Waals surface area contributed by atoms with Crippen molar-refractivity contribution >= 4 is 18.0 Å². The molecule has 1 aromatic rings. The fourth-order valence-corrected chi connectivity index (χ4v) is 1.43. The van der Waals surface area contributed by atoms with E-state index in [-0.39, 0.29) is 17.9 Å². The third kappa shape index (κ3) is 4.38. The molecule has 5 nitrogen and oxygen atoms in total. The number of halogens is 1. The van der Waals surface area contributed by atoms with Crippen LogP contribution in [0.1, 0.15) is 19.4 Å². The highest BCUT2D eigenvalue weighted by molar-refractivity contribution is 5.86. The maximum atomic E-state index is 13.7. The van der Waals surface area contributed by atoms with Crippen LogP contribution in [0.25, 0.3) is 6.08 Å². The Morgan fingerprint density at radius 1 is 1.45 bits per heavy atom. The van der Waals surface area contributed by atoms with E-state index < -0.39 is 23.9 Å². The zero-order chi connectivity index (χ0) is 15.1. The number of esters is 1. The fraction of sp³-hybridized carbons (Fsp3) is 0.286. The van der Waals surface area contributed by atoms with Crippen molar-refractivity contribution in [3.63, 3.8) is 0 Å². The van der Waals surface area contributed by atoms with Crippen LogP contribution in [0.5, 0.6) is 5.75 Å². The fourth-order valence-electron chi connectivity index (χ4n) is 1.43. The SMILES string of the molecule is CCOC(=O)C(C)Oc1c(F)cccc1/C=C/C(=O)O. The molecule has 1 atom stereocenters. The van der Waals surface area contributed by atoms with Crippen molar-refractivity contribution < 1.29 is 28.6 Å². The first-order chi connectivity index (χ1) is 9.45. The van der Waals surface area contributed by atoms with Gasteiger partial charge in [0.25, 0.3) is 0 Å². The lowest BCUT2D eigenvalue weighted by molar-refractivity contribution is -0.150. The molecule has 0 spiro atoms. The average molecular weight is 282 g/mol. The summed E-state index contributed by atoms with van der Waals surface area (Å²) < 4.78 is 23.7.